The topological polar surface area (TPSA) is 89.1 Å². The molecule has 1 saturated carbocycles. The van der Waals surface area contributed by atoms with Crippen LogP contribution in [-0.2, 0) is 13.6 Å². The van der Waals surface area contributed by atoms with Crippen LogP contribution in [0.5, 0.6) is 0 Å². The number of rotatable bonds is 5. The van der Waals surface area contributed by atoms with Crippen LogP contribution in [-0.4, -0.2) is 37.0 Å². The zero-order valence-corrected chi connectivity index (χ0v) is 15.6. The van der Waals surface area contributed by atoms with Gasteiger partial charge in [-0.1, -0.05) is 6.07 Å². The van der Waals surface area contributed by atoms with Gasteiger partial charge in [-0.2, -0.15) is 5.10 Å². The predicted molar refractivity (Wildman–Crippen MR) is 100.0 cm³/mol. The van der Waals surface area contributed by atoms with E-state index in [0.717, 1.165) is 35.2 Å². The van der Waals surface area contributed by atoms with Crippen LogP contribution in [0.1, 0.15) is 29.9 Å². The molecule has 2 heterocycles. The van der Waals surface area contributed by atoms with Gasteiger partial charge in [-0.3, -0.25) is 4.68 Å². The van der Waals surface area contributed by atoms with Crippen molar-refractivity contribution in [1.29, 1.82) is 0 Å². The normalized spacial score (nSPS) is 13.6. The Labute approximate surface area is 157 Å². The summed E-state index contributed by atoms with van der Waals surface area (Å²) in [6.45, 7) is 4.26. The number of carbonyl (C=O) groups is 1. The van der Waals surface area contributed by atoms with Gasteiger partial charge in [0.15, 0.2) is 0 Å². The molecule has 1 N–H and O–H groups in total. The molecule has 3 aromatic rings. The maximum absolute atomic E-state index is 12.9. The summed E-state index contributed by atoms with van der Waals surface area (Å²) in [6, 6.07) is 5.89. The molecule has 1 aliphatic carbocycles. The molecule has 8 nitrogen and oxygen atoms in total. The molecule has 4 rings (SSSR count). The SMILES string of the molecule is Cc1nnc(-c2ccc(C)c(NC(=O)N(Cc3cnn(C)c3)C3CC3)c2)o1. The highest BCUT2D eigenvalue weighted by molar-refractivity contribution is 5.91. The lowest BCUT2D eigenvalue weighted by atomic mass is 10.1. The molecule has 1 fully saturated rings. The zero-order valence-electron chi connectivity index (χ0n) is 15.6. The molecule has 27 heavy (non-hydrogen) atoms. The summed E-state index contributed by atoms with van der Waals surface area (Å²) < 4.78 is 7.24. The summed E-state index contributed by atoms with van der Waals surface area (Å²) in [6.07, 6.45) is 5.81. The zero-order chi connectivity index (χ0) is 19.0. The molecule has 0 spiro atoms. The van der Waals surface area contributed by atoms with Crippen molar-refractivity contribution in [2.24, 2.45) is 7.05 Å². The van der Waals surface area contributed by atoms with Gasteiger partial charge in [0.2, 0.25) is 11.8 Å². The van der Waals surface area contributed by atoms with E-state index in [1.54, 1.807) is 17.8 Å². The molecular weight excluding hydrogens is 344 g/mol. The van der Waals surface area contributed by atoms with E-state index in [1.165, 1.54) is 0 Å². The highest BCUT2D eigenvalue weighted by Gasteiger charge is 2.33. The quantitative estimate of drug-likeness (QED) is 0.748. The summed E-state index contributed by atoms with van der Waals surface area (Å²) in [5.74, 6) is 0.949. The summed E-state index contributed by atoms with van der Waals surface area (Å²) in [7, 11) is 1.87. The Morgan fingerprint density at radius 3 is 2.78 bits per heavy atom. The Morgan fingerprint density at radius 1 is 1.33 bits per heavy atom. The smallest absolute Gasteiger partial charge is 0.322 e. The number of nitrogens with one attached hydrogen (secondary N) is 1. The minimum absolute atomic E-state index is 0.108. The molecule has 2 amide bonds. The number of aromatic nitrogens is 4. The van der Waals surface area contributed by atoms with E-state index in [1.807, 2.05) is 43.3 Å². The van der Waals surface area contributed by atoms with E-state index in [-0.39, 0.29) is 12.1 Å². The van der Waals surface area contributed by atoms with Gasteiger partial charge in [0.1, 0.15) is 0 Å². The van der Waals surface area contributed by atoms with Crippen LogP contribution in [0.2, 0.25) is 0 Å². The van der Waals surface area contributed by atoms with Gasteiger partial charge in [-0.05, 0) is 37.5 Å². The van der Waals surface area contributed by atoms with Crippen molar-refractivity contribution < 1.29 is 9.21 Å². The first kappa shape index (κ1) is 17.3. The summed E-state index contributed by atoms with van der Waals surface area (Å²) in [5, 5.41) is 15.1. The van der Waals surface area contributed by atoms with Gasteiger partial charge in [0.05, 0.1) is 12.7 Å². The molecule has 0 atom stereocenters. The monoisotopic (exact) mass is 366 g/mol. The first-order valence-corrected chi connectivity index (χ1v) is 8.96. The largest absolute Gasteiger partial charge is 0.421 e. The van der Waals surface area contributed by atoms with Gasteiger partial charge in [-0.15, -0.1) is 10.2 Å². The minimum Gasteiger partial charge on any atom is -0.421 e. The Hall–Kier alpha value is -3.16. The Balaban J connectivity index is 1.53. The number of hydrogen-bond donors (Lipinski definition) is 1. The number of anilines is 1. The average molecular weight is 366 g/mol. The van der Waals surface area contributed by atoms with Crippen LogP contribution in [0.4, 0.5) is 10.5 Å². The lowest BCUT2D eigenvalue weighted by Gasteiger charge is -2.23. The highest BCUT2D eigenvalue weighted by atomic mass is 16.4. The molecular formula is C19H22N6O2. The third-order valence-corrected chi connectivity index (χ3v) is 4.61. The standard InChI is InChI=1S/C19H22N6O2/c1-12-4-5-15(18-23-22-13(2)27-18)8-17(12)21-19(26)25(16-6-7-16)11-14-9-20-24(3)10-14/h4-5,8-10,16H,6-7,11H2,1-3H3,(H,21,26). The van der Waals surface area contributed by atoms with E-state index in [4.69, 9.17) is 4.42 Å². The second-order valence-electron chi connectivity index (χ2n) is 6.97. The van der Waals surface area contributed by atoms with Crippen molar-refractivity contribution in [1.82, 2.24) is 24.9 Å². The highest BCUT2D eigenvalue weighted by Crippen LogP contribution is 2.30. The van der Waals surface area contributed by atoms with Crippen molar-refractivity contribution in [2.45, 2.75) is 39.3 Å². The van der Waals surface area contributed by atoms with Crippen LogP contribution in [0, 0.1) is 13.8 Å². The van der Waals surface area contributed by atoms with Crippen LogP contribution in [0.25, 0.3) is 11.5 Å². The van der Waals surface area contributed by atoms with Crippen molar-refractivity contribution >= 4 is 11.7 Å². The molecule has 1 aliphatic rings. The number of carbonyl (C=O) groups excluding carboxylic acids is 1. The Bertz CT molecular complexity index is 972. The van der Waals surface area contributed by atoms with Crippen molar-refractivity contribution in [2.75, 3.05) is 5.32 Å². The van der Waals surface area contributed by atoms with Gasteiger partial charge < -0.3 is 14.6 Å². The molecule has 8 heteroatoms. The van der Waals surface area contributed by atoms with Crippen LogP contribution in [0.15, 0.2) is 35.0 Å². The van der Waals surface area contributed by atoms with Gasteiger partial charge in [0, 0.05) is 43.0 Å². The number of urea groups is 1. The third-order valence-electron chi connectivity index (χ3n) is 4.61. The lowest BCUT2D eigenvalue weighted by Crippen LogP contribution is -2.36. The fourth-order valence-electron chi connectivity index (χ4n) is 2.99. The number of amides is 2. The third kappa shape index (κ3) is 3.84. The van der Waals surface area contributed by atoms with E-state index >= 15 is 0 Å². The van der Waals surface area contributed by atoms with E-state index < -0.39 is 0 Å². The number of hydrogen-bond acceptors (Lipinski definition) is 5. The molecule has 2 aromatic heterocycles. The van der Waals surface area contributed by atoms with Gasteiger partial charge >= 0.3 is 6.03 Å². The second kappa shape index (κ2) is 6.86. The Morgan fingerprint density at radius 2 is 2.15 bits per heavy atom. The minimum atomic E-state index is -0.108. The number of benzene rings is 1. The van der Waals surface area contributed by atoms with E-state index in [2.05, 4.69) is 20.6 Å². The lowest BCUT2D eigenvalue weighted by molar-refractivity contribution is 0.206. The molecule has 0 unspecified atom stereocenters. The maximum Gasteiger partial charge on any atom is 0.322 e. The predicted octanol–water partition coefficient (Wildman–Crippen LogP) is 3.28. The Kier molecular flexibility index (Phi) is 4.39. The molecule has 1 aromatic carbocycles. The second-order valence-corrected chi connectivity index (χ2v) is 6.97. The van der Waals surface area contributed by atoms with Crippen LogP contribution < -0.4 is 5.32 Å². The molecule has 0 radical (unpaired) electrons. The number of aryl methyl sites for hydroxylation is 3. The molecule has 0 saturated heterocycles. The first-order chi connectivity index (χ1) is 13.0. The number of nitrogens with zero attached hydrogens (tertiary/aromatic N) is 5. The van der Waals surface area contributed by atoms with E-state index in [0.29, 0.717) is 18.3 Å². The maximum atomic E-state index is 12.9. The first-order valence-electron chi connectivity index (χ1n) is 8.96. The molecule has 0 aliphatic heterocycles. The fourth-order valence-corrected chi connectivity index (χ4v) is 2.99. The van der Waals surface area contributed by atoms with Crippen molar-refractivity contribution in [3.8, 4) is 11.5 Å². The van der Waals surface area contributed by atoms with Crippen molar-refractivity contribution in [3.05, 3.63) is 47.6 Å². The summed E-state index contributed by atoms with van der Waals surface area (Å²) in [4.78, 5) is 14.8. The van der Waals surface area contributed by atoms with Gasteiger partial charge in [0.25, 0.3) is 0 Å². The molecule has 0 bridgehead atoms. The fraction of sp³-hybridized carbons (Fsp3) is 0.368. The van der Waals surface area contributed by atoms with E-state index in [9.17, 15) is 4.79 Å². The summed E-state index contributed by atoms with van der Waals surface area (Å²) in [5.41, 5.74) is 3.51. The van der Waals surface area contributed by atoms with Crippen LogP contribution >= 0.6 is 0 Å². The van der Waals surface area contributed by atoms with Crippen LogP contribution in [0.3, 0.4) is 0 Å². The molecule has 140 valence electrons. The van der Waals surface area contributed by atoms with Gasteiger partial charge in [-0.25, -0.2) is 4.79 Å². The summed E-state index contributed by atoms with van der Waals surface area (Å²) >= 11 is 0. The van der Waals surface area contributed by atoms with Crippen molar-refractivity contribution in [3.63, 3.8) is 0 Å². The average Bonchev–Trinajstić information content (AvgIpc) is 3.25.